The average Bonchev–Trinajstić information content (AvgIpc) is 2.15. The van der Waals surface area contributed by atoms with Crippen LogP contribution in [0.3, 0.4) is 0 Å². The molecule has 1 nitrogen and oxygen atoms in total. The van der Waals surface area contributed by atoms with Crippen molar-refractivity contribution in [3.05, 3.63) is 34.3 Å². The normalized spacial score (nSPS) is 13.2. The van der Waals surface area contributed by atoms with E-state index in [4.69, 9.17) is 0 Å². The number of rotatable bonds is 4. The van der Waals surface area contributed by atoms with E-state index < -0.39 is 0 Å². The summed E-state index contributed by atoms with van der Waals surface area (Å²) in [6.07, 6.45) is 0. The van der Waals surface area contributed by atoms with Gasteiger partial charge in [-0.25, -0.2) is 0 Å². The van der Waals surface area contributed by atoms with Crippen LogP contribution in [0.15, 0.2) is 28.7 Å². The molecule has 0 saturated carbocycles. The van der Waals surface area contributed by atoms with Crippen LogP contribution in [0.5, 0.6) is 0 Å². The van der Waals surface area contributed by atoms with Crippen LogP contribution in [0.1, 0.15) is 32.4 Å². The van der Waals surface area contributed by atoms with E-state index in [1.165, 1.54) is 10.0 Å². The molecule has 0 aliphatic rings. The largest absolute Gasteiger partial charge is 0.310 e. The average molecular weight is 256 g/mol. The van der Waals surface area contributed by atoms with Crippen molar-refractivity contribution in [2.45, 2.75) is 26.8 Å². The van der Waals surface area contributed by atoms with E-state index in [9.17, 15) is 0 Å². The predicted octanol–water partition coefficient (Wildman–Crippen LogP) is 3.76. The summed E-state index contributed by atoms with van der Waals surface area (Å²) in [4.78, 5) is 0. The molecule has 0 spiro atoms. The van der Waals surface area contributed by atoms with Gasteiger partial charge in [0.25, 0.3) is 0 Å². The minimum absolute atomic E-state index is 0.410. The maximum Gasteiger partial charge on any atom is 0.0303 e. The summed E-state index contributed by atoms with van der Waals surface area (Å²) in [5, 5.41) is 3.51. The van der Waals surface area contributed by atoms with Crippen LogP contribution in [0.4, 0.5) is 0 Å². The molecule has 2 heteroatoms. The molecule has 1 unspecified atom stereocenters. The SMILES string of the molecule is CC(C)CNC(C)c1ccccc1Br. The smallest absolute Gasteiger partial charge is 0.0303 e. The highest BCUT2D eigenvalue weighted by Gasteiger charge is 2.07. The Labute approximate surface area is 95.0 Å². The van der Waals surface area contributed by atoms with Gasteiger partial charge in [0, 0.05) is 10.5 Å². The Morgan fingerprint density at radius 1 is 1.21 bits per heavy atom. The molecule has 1 rings (SSSR count). The molecule has 0 aliphatic heterocycles. The lowest BCUT2D eigenvalue weighted by Crippen LogP contribution is -2.23. The first-order valence-corrected chi connectivity index (χ1v) is 5.88. The fourth-order valence-corrected chi connectivity index (χ4v) is 1.98. The van der Waals surface area contributed by atoms with Crippen molar-refractivity contribution < 1.29 is 0 Å². The highest BCUT2D eigenvalue weighted by Crippen LogP contribution is 2.22. The number of benzene rings is 1. The van der Waals surface area contributed by atoms with Gasteiger partial charge in [0.15, 0.2) is 0 Å². The number of nitrogens with one attached hydrogen (secondary N) is 1. The summed E-state index contributed by atoms with van der Waals surface area (Å²) in [5.74, 6) is 0.694. The van der Waals surface area contributed by atoms with E-state index in [-0.39, 0.29) is 0 Å². The lowest BCUT2D eigenvalue weighted by Gasteiger charge is -2.17. The van der Waals surface area contributed by atoms with Crippen LogP contribution in [0, 0.1) is 5.92 Å². The minimum atomic E-state index is 0.410. The summed E-state index contributed by atoms with van der Waals surface area (Å²) in [6, 6.07) is 8.77. The van der Waals surface area contributed by atoms with Gasteiger partial charge in [0.05, 0.1) is 0 Å². The Bertz CT molecular complexity index is 283. The monoisotopic (exact) mass is 255 g/mol. The topological polar surface area (TPSA) is 12.0 Å². The second kappa shape index (κ2) is 5.52. The quantitative estimate of drug-likeness (QED) is 0.864. The van der Waals surface area contributed by atoms with Gasteiger partial charge in [0.2, 0.25) is 0 Å². The number of hydrogen-bond donors (Lipinski definition) is 1. The Hall–Kier alpha value is -0.340. The summed E-state index contributed by atoms with van der Waals surface area (Å²) < 4.78 is 1.18. The zero-order valence-corrected chi connectivity index (χ0v) is 10.6. The van der Waals surface area contributed by atoms with Crippen LogP contribution in [0.25, 0.3) is 0 Å². The first-order valence-electron chi connectivity index (χ1n) is 5.09. The van der Waals surface area contributed by atoms with E-state index in [2.05, 4.69) is 60.2 Å². The molecule has 0 bridgehead atoms. The van der Waals surface area contributed by atoms with Crippen LogP contribution >= 0.6 is 15.9 Å². The van der Waals surface area contributed by atoms with Crippen LogP contribution in [-0.4, -0.2) is 6.54 Å². The third-order valence-electron chi connectivity index (χ3n) is 2.20. The fourth-order valence-electron chi connectivity index (χ4n) is 1.35. The number of hydrogen-bond acceptors (Lipinski definition) is 1. The van der Waals surface area contributed by atoms with Crippen molar-refractivity contribution in [3.63, 3.8) is 0 Å². The molecule has 0 amide bonds. The zero-order valence-electron chi connectivity index (χ0n) is 9.05. The van der Waals surface area contributed by atoms with Crippen molar-refractivity contribution in [1.29, 1.82) is 0 Å². The van der Waals surface area contributed by atoms with E-state index in [0.29, 0.717) is 12.0 Å². The summed E-state index contributed by atoms with van der Waals surface area (Å²) in [6.45, 7) is 7.70. The second-order valence-electron chi connectivity index (χ2n) is 4.05. The maximum absolute atomic E-state index is 3.56. The Morgan fingerprint density at radius 2 is 1.86 bits per heavy atom. The van der Waals surface area contributed by atoms with Gasteiger partial charge >= 0.3 is 0 Å². The minimum Gasteiger partial charge on any atom is -0.310 e. The molecule has 0 aliphatic carbocycles. The zero-order chi connectivity index (χ0) is 10.6. The van der Waals surface area contributed by atoms with Gasteiger partial charge in [-0.3, -0.25) is 0 Å². The standard InChI is InChI=1S/C12H18BrN/c1-9(2)8-14-10(3)11-6-4-5-7-12(11)13/h4-7,9-10,14H,8H2,1-3H3. The molecule has 0 aromatic heterocycles. The van der Waals surface area contributed by atoms with Gasteiger partial charge in [-0.1, -0.05) is 48.0 Å². The third-order valence-corrected chi connectivity index (χ3v) is 2.93. The van der Waals surface area contributed by atoms with E-state index >= 15 is 0 Å². The van der Waals surface area contributed by atoms with Crippen LogP contribution < -0.4 is 5.32 Å². The Morgan fingerprint density at radius 3 is 2.43 bits per heavy atom. The van der Waals surface area contributed by atoms with Crippen molar-refractivity contribution in [1.82, 2.24) is 5.32 Å². The summed E-state index contributed by atoms with van der Waals surface area (Å²) in [7, 11) is 0. The lowest BCUT2D eigenvalue weighted by molar-refractivity contribution is 0.495. The van der Waals surface area contributed by atoms with Gasteiger partial charge in [-0.2, -0.15) is 0 Å². The first-order chi connectivity index (χ1) is 6.61. The summed E-state index contributed by atoms with van der Waals surface area (Å²) in [5.41, 5.74) is 1.33. The third kappa shape index (κ3) is 3.43. The highest BCUT2D eigenvalue weighted by atomic mass is 79.9. The van der Waals surface area contributed by atoms with Gasteiger partial charge in [-0.05, 0) is 31.0 Å². The Balaban J connectivity index is 2.60. The highest BCUT2D eigenvalue weighted by molar-refractivity contribution is 9.10. The Kier molecular flexibility index (Phi) is 4.63. The molecule has 0 heterocycles. The van der Waals surface area contributed by atoms with Gasteiger partial charge in [-0.15, -0.1) is 0 Å². The summed E-state index contributed by atoms with van der Waals surface area (Å²) >= 11 is 3.56. The lowest BCUT2D eigenvalue weighted by atomic mass is 10.1. The molecule has 14 heavy (non-hydrogen) atoms. The molecular formula is C12H18BrN. The number of halogens is 1. The predicted molar refractivity (Wildman–Crippen MR) is 65.4 cm³/mol. The van der Waals surface area contributed by atoms with Crippen LogP contribution in [0.2, 0.25) is 0 Å². The molecule has 0 saturated heterocycles. The molecule has 1 N–H and O–H groups in total. The van der Waals surface area contributed by atoms with Crippen molar-refractivity contribution in [3.8, 4) is 0 Å². The van der Waals surface area contributed by atoms with E-state index in [0.717, 1.165) is 6.54 Å². The molecular weight excluding hydrogens is 238 g/mol. The van der Waals surface area contributed by atoms with Crippen molar-refractivity contribution >= 4 is 15.9 Å². The van der Waals surface area contributed by atoms with Gasteiger partial charge in [0.1, 0.15) is 0 Å². The second-order valence-corrected chi connectivity index (χ2v) is 4.90. The van der Waals surface area contributed by atoms with Gasteiger partial charge < -0.3 is 5.32 Å². The van der Waals surface area contributed by atoms with Crippen molar-refractivity contribution in [2.24, 2.45) is 5.92 Å². The molecule has 0 radical (unpaired) electrons. The molecule has 1 aromatic carbocycles. The molecule has 1 atom stereocenters. The fraction of sp³-hybridized carbons (Fsp3) is 0.500. The molecule has 0 fully saturated rings. The molecule has 78 valence electrons. The van der Waals surface area contributed by atoms with E-state index in [1.54, 1.807) is 0 Å². The first kappa shape index (κ1) is 11.7. The molecule has 1 aromatic rings. The van der Waals surface area contributed by atoms with Crippen molar-refractivity contribution in [2.75, 3.05) is 6.54 Å². The van der Waals surface area contributed by atoms with Crippen LogP contribution in [-0.2, 0) is 0 Å². The maximum atomic E-state index is 3.56. The van der Waals surface area contributed by atoms with E-state index in [1.807, 2.05) is 6.07 Å².